The Morgan fingerprint density at radius 1 is 1.04 bits per heavy atom. The van der Waals surface area contributed by atoms with E-state index in [2.05, 4.69) is 4.90 Å². The van der Waals surface area contributed by atoms with Crippen LogP contribution >= 0.6 is 11.6 Å². The zero-order valence-electron chi connectivity index (χ0n) is 16.0. The highest BCUT2D eigenvalue weighted by Crippen LogP contribution is 2.45. The molecule has 0 radical (unpaired) electrons. The van der Waals surface area contributed by atoms with Gasteiger partial charge in [-0.2, -0.15) is 0 Å². The van der Waals surface area contributed by atoms with Gasteiger partial charge in [0.1, 0.15) is 6.54 Å². The maximum atomic E-state index is 12.9. The normalized spacial score (nSPS) is 22.2. The van der Waals surface area contributed by atoms with E-state index in [-0.39, 0.29) is 30.7 Å². The van der Waals surface area contributed by atoms with Crippen LogP contribution in [0.5, 0.6) is 0 Å². The molecule has 3 fully saturated rings. The second-order valence-electron chi connectivity index (χ2n) is 8.15. The molecule has 3 amide bonds. The third-order valence-corrected chi connectivity index (χ3v) is 6.63. The van der Waals surface area contributed by atoms with Gasteiger partial charge in [-0.15, -0.1) is 0 Å². The standard InChI is InChI=1S/C21H26ClN3O3/c22-16-5-4-6-17(13-16)23-9-11-24(12-10-23)19(27)15-25-18(26)14-21(20(25)28)7-2-1-3-8-21/h4-6,13H,1-3,7-12,14-15H2. The molecule has 6 nitrogen and oxygen atoms in total. The van der Waals surface area contributed by atoms with Crippen molar-refractivity contribution in [2.45, 2.75) is 38.5 Å². The second kappa shape index (κ2) is 7.74. The number of likely N-dealkylation sites (tertiary alicyclic amines) is 1. The minimum Gasteiger partial charge on any atom is -0.368 e. The fourth-order valence-electron chi connectivity index (χ4n) is 4.76. The van der Waals surface area contributed by atoms with E-state index in [0.717, 1.165) is 37.8 Å². The van der Waals surface area contributed by atoms with Gasteiger partial charge in [0.15, 0.2) is 0 Å². The summed E-state index contributed by atoms with van der Waals surface area (Å²) in [6.07, 6.45) is 4.94. The molecule has 1 aromatic carbocycles. The van der Waals surface area contributed by atoms with Crippen molar-refractivity contribution in [3.05, 3.63) is 29.3 Å². The molecule has 7 heteroatoms. The number of halogens is 1. The smallest absolute Gasteiger partial charge is 0.242 e. The van der Waals surface area contributed by atoms with E-state index in [0.29, 0.717) is 31.2 Å². The van der Waals surface area contributed by atoms with Gasteiger partial charge in [0.2, 0.25) is 17.7 Å². The zero-order chi connectivity index (χ0) is 19.7. The van der Waals surface area contributed by atoms with Crippen molar-refractivity contribution >= 4 is 35.0 Å². The lowest BCUT2D eigenvalue weighted by Crippen LogP contribution is -2.52. The third-order valence-electron chi connectivity index (χ3n) is 6.40. The van der Waals surface area contributed by atoms with Crippen LogP contribution in [0, 0.1) is 5.41 Å². The van der Waals surface area contributed by atoms with Crippen LogP contribution in [0.15, 0.2) is 24.3 Å². The van der Waals surface area contributed by atoms with Crippen molar-refractivity contribution in [3.63, 3.8) is 0 Å². The van der Waals surface area contributed by atoms with Gasteiger partial charge >= 0.3 is 0 Å². The van der Waals surface area contributed by atoms with Crippen LogP contribution < -0.4 is 4.90 Å². The average Bonchev–Trinajstić information content (AvgIpc) is 2.92. The molecule has 4 rings (SSSR count). The largest absolute Gasteiger partial charge is 0.368 e. The summed E-state index contributed by atoms with van der Waals surface area (Å²) in [5.74, 6) is -0.443. The lowest BCUT2D eigenvalue weighted by atomic mass is 9.73. The Bertz CT molecular complexity index is 783. The number of piperazine rings is 1. The molecule has 0 atom stereocenters. The molecule has 150 valence electrons. The van der Waals surface area contributed by atoms with E-state index in [1.165, 1.54) is 4.90 Å². The molecule has 0 N–H and O–H groups in total. The quantitative estimate of drug-likeness (QED) is 0.728. The van der Waals surface area contributed by atoms with E-state index < -0.39 is 5.41 Å². The molecule has 0 aromatic heterocycles. The van der Waals surface area contributed by atoms with Crippen LogP contribution in [0.25, 0.3) is 0 Å². The molecule has 1 spiro atoms. The number of benzene rings is 1. The summed E-state index contributed by atoms with van der Waals surface area (Å²) < 4.78 is 0. The minimum atomic E-state index is -0.527. The fourth-order valence-corrected chi connectivity index (χ4v) is 4.95. The summed E-state index contributed by atoms with van der Waals surface area (Å²) in [4.78, 5) is 43.3. The Labute approximate surface area is 170 Å². The molecule has 28 heavy (non-hydrogen) atoms. The van der Waals surface area contributed by atoms with Crippen molar-refractivity contribution < 1.29 is 14.4 Å². The number of anilines is 1. The number of carbonyl (C=O) groups excluding carboxylic acids is 3. The van der Waals surface area contributed by atoms with Crippen LogP contribution in [-0.4, -0.2) is 60.2 Å². The van der Waals surface area contributed by atoms with Crippen molar-refractivity contribution in [1.82, 2.24) is 9.80 Å². The van der Waals surface area contributed by atoms with Crippen LogP contribution in [-0.2, 0) is 14.4 Å². The van der Waals surface area contributed by atoms with Gasteiger partial charge < -0.3 is 9.80 Å². The Morgan fingerprint density at radius 3 is 2.43 bits per heavy atom. The number of imide groups is 1. The highest BCUT2D eigenvalue weighted by Gasteiger charge is 2.52. The van der Waals surface area contributed by atoms with Crippen molar-refractivity contribution in [2.24, 2.45) is 5.41 Å². The van der Waals surface area contributed by atoms with E-state index in [9.17, 15) is 14.4 Å². The summed E-state index contributed by atoms with van der Waals surface area (Å²) in [6, 6.07) is 7.69. The predicted octanol–water partition coefficient (Wildman–Crippen LogP) is 2.70. The van der Waals surface area contributed by atoms with E-state index in [4.69, 9.17) is 11.6 Å². The third kappa shape index (κ3) is 3.62. The maximum absolute atomic E-state index is 12.9. The monoisotopic (exact) mass is 403 g/mol. The number of rotatable bonds is 3. The molecule has 2 heterocycles. The number of amides is 3. The topological polar surface area (TPSA) is 60.9 Å². The Hall–Kier alpha value is -2.08. The maximum Gasteiger partial charge on any atom is 0.242 e. The van der Waals surface area contributed by atoms with Crippen LogP contribution in [0.2, 0.25) is 5.02 Å². The highest BCUT2D eigenvalue weighted by atomic mass is 35.5. The summed E-state index contributed by atoms with van der Waals surface area (Å²) in [6.45, 7) is 2.45. The first-order chi connectivity index (χ1) is 13.5. The van der Waals surface area contributed by atoms with Crippen molar-refractivity contribution in [1.29, 1.82) is 0 Å². The average molecular weight is 404 g/mol. The van der Waals surface area contributed by atoms with Gasteiger partial charge in [-0.05, 0) is 31.0 Å². The van der Waals surface area contributed by atoms with Gasteiger partial charge in [0.05, 0.1) is 5.41 Å². The van der Waals surface area contributed by atoms with E-state index in [1.807, 2.05) is 24.3 Å². The first-order valence-corrected chi connectivity index (χ1v) is 10.5. The molecule has 1 saturated carbocycles. The van der Waals surface area contributed by atoms with Gasteiger partial charge in [-0.25, -0.2) is 0 Å². The Kier molecular flexibility index (Phi) is 5.32. The Balaban J connectivity index is 1.34. The molecule has 3 aliphatic rings. The van der Waals surface area contributed by atoms with Gasteiger partial charge in [-0.3, -0.25) is 19.3 Å². The van der Waals surface area contributed by atoms with Gasteiger partial charge in [-0.1, -0.05) is 36.9 Å². The molecular formula is C21H26ClN3O3. The second-order valence-corrected chi connectivity index (χ2v) is 8.59. The molecule has 0 bridgehead atoms. The number of hydrogen-bond donors (Lipinski definition) is 0. The van der Waals surface area contributed by atoms with Gasteiger partial charge in [0, 0.05) is 43.3 Å². The van der Waals surface area contributed by atoms with E-state index >= 15 is 0 Å². The minimum absolute atomic E-state index is 0.115. The SMILES string of the molecule is O=C(CN1C(=O)CC2(CCCCC2)C1=O)N1CCN(c2cccc(Cl)c2)CC1. The van der Waals surface area contributed by atoms with E-state index in [1.54, 1.807) is 4.90 Å². The highest BCUT2D eigenvalue weighted by molar-refractivity contribution is 6.30. The number of carbonyl (C=O) groups is 3. The number of hydrogen-bond acceptors (Lipinski definition) is 4. The summed E-state index contributed by atoms with van der Waals surface area (Å²) in [7, 11) is 0. The van der Waals surface area contributed by atoms with Gasteiger partial charge in [0.25, 0.3) is 0 Å². The number of nitrogens with zero attached hydrogens (tertiary/aromatic N) is 3. The van der Waals surface area contributed by atoms with Crippen molar-refractivity contribution in [2.75, 3.05) is 37.6 Å². The summed E-state index contributed by atoms with van der Waals surface area (Å²) >= 11 is 6.07. The van der Waals surface area contributed by atoms with Crippen LogP contribution in [0.3, 0.4) is 0 Å². The molecule has 0 unspecified atom stereocenters. The summed E-state index contributed by atoms with van der Waals surface area (Å²) in [5, 5.41) is 0.693. The first-order valence-electron chi connectivity index (χ1n) is 10.1. The molecule has 1 aliphatic carbocycles. The molecule has 1 aromatic rings. The zero-order valence-corrected chi connectivity index (χ0v) is 16.8. The lowest BCUT2D eigenvalue weighted by Gasteiger charge is -2.37. The van der Waals surface area contributed by atoms with Crippen LogP contribution in [0.4, 0.5) is 5.69 Å². The lowest BCUT2D eigenvalue weighted by molar-refractivity contribution is -0.148. The van der Waals surface area contributed by atoms with Crippen LogP contribution in [0.1, 0.15) is 38.5 Å². The molecule has 2 aliphatic heterocycles. The Morgan fingerprint density at radius 2 is 1.75 bits per heavy atom. The fraction of sp³-hybridized carbons (Fsp3) is 0.571. The van der Waals surface area contributed by atoms with Crippen molar-refractivity contribution in [3.8, 4) is 0 Å². The molecular weight excluding hydrogens is 378 g/mol. The molecule has 2 saturated heterocycles. The predicted molar refractivity (Wildman–Crippen MR) is 107 cm³/mol. The first kappa shape index (κ1) is 19.2. The summed E-state index contributed by atoms with van der Waals surface area (Å²) in [5.41, 5.74) is 0.518.